The van der Waals surface area contributed by atoms with Gasteiger partial charge in [-0.25, -0.2) is 0 Å². The second-order valence-electron chi connectivity index (χ2n) is 6.42. The van der Waals surface area contributed by atoms with Gasteiger partial charge in [-0.3, -0.25) is 4.90 Å². The third kappa shape index (κ3) is 5.19. The fourth-order valence-electron chi connectivity index (χ4n) is 3.20. The molecule has 1 aliphatic carbocycles. The minimum absolute atomic E-state index is 0.0776. The lowest BCUT2D eigenvalue weighted by molar-refractivity contribution is 0.168. The average Bonchev–Trinajstić information content (AvgIpc) is 2.98. The van der Waals surface area contributed by atoms with Crippen molar-refractivity contribution in [3.8, 4) is 11.8 Å². The normalized spacial score (nSPS) is 15.5. The zero-order valence-corrected chi connectivity index (χ0v) is 13.3. The Hall–Kier alpha value is -1.30. The van der Waals surface area contributed by atoms with Crippen molar-refractivity contribution in [3.63, 3.8) is 0 Å². The fourth-order valence-corrected chi connectivity index (χ4v) is 3.20. The Labute approximate surface area is 129 Å². The van der Waals surface area contributed by atoms with Crippen LogP contribution in [0.4, 0.5) is 0 Å². The Kier molecular flexibility index (Phi) is 6.29. The summed E-state index contributed by atoms with van der Waals surface area (Å²) in [4.78, 5) is 2.65. The molecule has 1 saturated carbocycles. The zero-order chi connectivity index (χ0) is 15.1. The first-order valence-corrected chi connectivity index (χ1v) is 8.11. The van der Waals surface area contributed by atoms with E-state index in [0.29, 0.717) is 5.92 Å². The summed E-state index contributed by atoms with van der Waals surface area (Å²) >= 11 is 0. The summed E-state index contributed by atoms with van der Waals surface area (Å²) in [6.07, 6.45) is 5.44. The van der Waals surface area contributed by atoms with Gasteiger partial charge in [-0.05, 0) is 36.5 Å². The Bertz CT molecular complexity index is 492. The molecule has 0 saturated heterocycles. The summed E-state index contributed by atoms with van der Waals surface area (Å²) < 4.78 is 0. The summed E-state index contributed by atoms with van der Waals surface area (Å²) in [5, 5.41) is 8.80. The first-order chi connectivity index (χ1) is 10.2. The summed E-state index contributed by atoms with van der Waals surface area (Å²) in [5.41, 5.74) is 2.32. The fraction of sp³-hybridized carbons (Fsp3) is 0.579. The molecule has 0 spiro atoms. The van der Waals surface area contributed by atoms with Crippen molar-refractivity contribution in [2.45, 2.75) is 52.1 Å². The van der Waals surface area contributed by atoms with E-state index in [0.717, 1.165) is 24.7 Å². The molecule has 114 valence electrons. The van der Waals surface area contributed by atoms with Gasteiger partial charge in [0.15, 0.2) is 0 Å². The van der Waals surface area contributed by atoms with E-state index in [1.165, 1.54) is 31.2 Å². The molecular formula is C19H27NO. The van der Waals surface area contributed by atoms with Crippen molar-refractivity contribution in [3.05, 3.63) is 35.4 Å². The van der Waals surface area contributed by atoms with Crippen LogP contribution in [-0.2, 0) is 6.54 Å². The maximum atomic E-state index is 8.80. The van der Waals surface area contributed by atoms with E-state index in [4.69, 9.17) is 5.11 Å². The highest BCUT2D eigenvalue weighted by atomic mass is 16.2. The van der Waals surface area contributed by atoms with Gasteiger partial charge in [-0.15, -0.1) is 0 Å². The van der Waals surface area contributed by atoms with Gasteiger partial charge in [0.2, 0.25) is 0 Å². The summed E-state index contributed by atoms with van der Waals surface area (Å²) in [6, 6.07) is 9.17. The van der Waals surface area contributed by atoms with Crippen LogP contribution in [0.2, 0.25) is 0 Å². The van der Waals surface area contributed by atoms with E-state index >= 15 is 0 Å². The van der Waals surface area contributed by atoms with Crippen LogP contribution >= 0.6 is 0 Å². The predicted octanol–water partition coefficient (Wildman–Crippen LogP) is 3.43. The lowest BCUT2D eigenvalue weighted by Crippen LogP contribution is -2.35. The summed E-state index contributed by atoms with van der Waals surface area (Å²) in [6.45, 7) is 6.69. The molecule has 0 amide bonds. The molecule has 1 fully saturated rings. The van der Waals surface area contributed by atoms with Crippen LogP contribution in [0, 0.1) is 17.8 Å². The van der Waals surface area contributed by atoms with Crippen LogP contribution in [0.25, 0.3) is 0 Å². The molecule has 2 nitrogen and oxygen atoms in total. The molecule has 0 unspecified atom stereocenters. The van der Waals surface area contributed by atoms with Crippen LogP contribution in [0.1, 0.15) is 50.7 Å². The smallest absolute Gasteiger partial charge is 0.104 e. The molecule has 21 heavy (non-hydrogen) atoms. The Morgan fingerprint density at radius 3 is 2.71 bits per heavy atom. The highest BCUT2D eigenvalue weighted by Crippen LogP contribution is 2.25. The molecular weight excluding hydrogens is 258 g/mol. The van der Waals surface area contributed by atoms with Crippen LogP contribution in [0.3, 0.4) is 0 Å². The molecule has 1 aromatic rings. The van der Waals surface area contributed by atoms with E-state index in [9.17, 15) is 0 Å². The zero-order valence-electron chi connectivity index (χ0n) is 13.3. The number of aliphatic hydroxyl groups is 1. The van der Waals surface area contributed by atoms with Gasteiger partial charge in [0.05, 0.1) is 0 Å². The van der Waals surface area contributed by atoms with Gasteiger partial charge >= 0.3 is 0 Å². The van der Waals surface area contributed by atoms with Crippen molar-refractivity contribution in [2.24, 2.45) is 5.92 Å². The van der Waals surface area contributed by atoms with Crippen LogP contribution < -0.4 is 0 Å². The number of rotatable bonds is 5. The number of aliphatic hydroxyl groups excluding tert-OH is 1. The van der Waals surface area contributed by atoms with Crippen LogP contribution in [0.15, 0.2) is 24.3 Å². The minimum Gasteiger partial charge on any atom is -0.384 e. The van der Waals surface area contributed by atoms with Crippen molar-refractivity contribution in [1.29, 1.82) is 0 Å². The molecule has 0 aliphatic heterocycles. The topological polar surface area (TPSA) is 23.5 Å². The predicted molar refractivity (Wildman–Crippen MR) is 87.9 cm³/mol. The lowest BCUT2D eigenvalue weighted by Gasteiger charge is -2.30. The molecule has 1 N–H and O–H groups in total. The third-order valence-corrected chi connectivity index (χ3v) is 4.07. The largest absolute Gasteiger partial charge is 0.384 e. The van der Waals surface area contributed by atoms with Crippen molar-refractivity contribution < 1.29 is 5.11 Å². The molecule has 0 atom stereocenters. The maximum Gasteiger partial charge on any atom is 0.104 e. The second-order valence-corrected chi connectivity index (χ2v) is 6.42. The quantitative estimate of drug-likeness (QED) is 0.838. The highest BCUT2D eigenvalue weighted by Gasteiger charge is 2.23. The summed E-state index contributed by atoms with van der Waals surface area (Å²) in [7, 11) is 0. The number of hydrogen-bond acceptors (Lipinski definition) is 2. The Balaban J connectivity index is 2.08. The molecule has 0 radical (unpaired) electrons. The Morgan fingerprint density at radius 1 is 1.29 bits per heavy atom. The highest BCUT2D eigenvalue weighted by molar-refractivity contribution is 5.37. The lowest BCUT2D eigenvalue weighted by atomic mass is 10.1. The van der Waals surface area contributed by atoms with Gasteiger partial charge in [0.1, 0.15) is 6.61 Å². The van der Waals surface area contributed by atoms with Gasteiger partial charge in [-0.2, -0.15) is 0 Å². The van der Waals surface area contributed by atoms with E-state index in [2.05, 4.69) is 48.8 Å². The average molecular weight is 285 g/mol. The van der Waals surface area contributed by atoms with E-state index in [1.54, 1.807) is 0 Å². The molecule has 1 aromatic carbocycles. The van der Waals surface area contributed by atoms with E-state index < -0.39 is 0 Å². The molecule has 1 aliphatic rings. The van der Waals surface area contributed by atoms with Crippen molar-refractivity contribution >= 4 is 0 Å². The van der Waals surface area contributed by atoms with Crippen LogP contribution in [-0.4, -0.2) is 29.2 Å². The number of hydrogen-bond donors (Lipinski definition) is 1. The minimum atomic E-state index is -0.0776. The van der Waals surface area contributed by atoms with Crippen LogP contribution in [0.5, 0.6) is 0 Å². The van der Waals surface area contributed by atoms with Gasteiger partial charge in [0, 0.05) is 24.7 Å². The maximum absolute atomic E-state index is 8.80. The Morgan fingerprint density at radius 2 is 2.05 bits per heavy atom. The first-order valence-electron chi connectivity index (χ1n) is 8.11. The van der Waals surface area contributed by atoms with Gasteiger partial charge in [-0.1, -0.05) is 50.7 Å². The number of nitrogens with zero attached hydrogens (tertiary/aromatic N) is 1. The van der Waals surface area contributed by atoms with Crippen molar-refractivity contribution in [2.75, 3.05) is 13.2 Å². The van der Waals surface area contributed by atoms with E-state index in [-0.39, 0.29) is 6.61 Å². The molecule has 2 heteroatoms. The molecule has 0 aromatic heterocycles. The van der Waals surface area contributed by atoms with Crippen molar-refractivity contribution in [1.82, 2.24) is 4.90 Å². The SMILES string of the molecule is CC(C)CN(Cc1cccc(C#CCO)c1)C1CCCC1. The first kappa shape index (κ1) is 16.1. The van der Waals surface area contributed by atoms with E-state index in [1.807, 2.05) is 6.07 Å². The van der Waals surface area contributed by atoms with Gasteiger partial charge in [0.25, 0.3) is 0 Å². The summed E-state index contributed by atoms with van der Waals surface area (Å²) in [5.74, 6) is 6.42. The second kappa shape index (κ2) is 8.22. The molecule has 2 rings (SSSR count). The molecule has 0 heterocycles. The standard InChI is InChI=1S/C19H27NO/c1-16(2)14-20(19-10-3-4-11-19)15-18-8-5-7-17(13-18)9-6-12-21/h5,7-8,13,16,19,21H,3-4,10-12,14-15H2,1-2H3. The monoisotopic (exact) mass is 285 g/mol. The third-order valence-electron chi connectivity index (χ3n) is 4.07. The van der Waals surface area contributed by atoms with Gasteiger partial charge < -0.3 is 5.11 Å². The number of benzene rings is 1. The molecule has 0 bridgehead atoms.